The molecule has 1 aromatic rings. The molecule has 0 spiro atoms. The minimum absolute atomic E-state index is 0.216. The van der Waals surface area contributed by atoms with Gasteiger partial charge in [0.05, 0.1) is 17.3 Å². The van der Waals surface area contributed by atoms with Gasteiger partial charge in [-0.25, -0.2) is 9.48 Å². The van der Waals surface area contributed by atoms with Crippen LogP contribution < -0.4 is 5.32 Å². The summed E-state index contributed by atoms with van der Waals surface area (Å²) in [6.45, 7) is 5.92. The standard InChI is InChI=1S/C13H21N3O3/c1-13(2,3)16-11(14-12(18)19)7-10(15-16)8-4-5-9(17)6-8/h7-9,14,17H,4-6H2,1-3H3,(H,18,19)/t8-,9+/m0/s1. The van der Waals surface area contributed by atoms with Gasteiger partial charge in [-0.2, -0.15) is 5.10 Å². The number of carboxylic acid groups (broad SMARTS) is 1. The van der Waals surface area contributed by atoms with E-state index < -0.39 is 6.09 Å². The molecule has 1 aromatic heterocycles. The average molecular weight is 267 g/mol. The van der Waals surface area contributed by atoms with Gasteiger partial charge in [-0.05, 0) is 40.0 Å². The third-order valence-electron chi connectivity index (χ3n) is 3.42. The predicted molar refractivity (Wildman–Crippen MR) is 71.5 cm³/mol. The summed E-state index contributed by atoms with van der Waals surface area (Å²) in [5, 5.41) is 25.4. The Hall–Kier alpha value is -1.56. The number of aromatic nitrogens is 2. The molecule has 1 aliphatic rings. The summed E-state index contributed by atoms with van der Waals surface area (Å²) in [6, 6.07) is 1.78. The highest BCUT2D eigenvalue weighted by atomic mass is 16.4. The molecule has 1 amide bonds. The number of hydrogen-bond acceptors (Lipinski definition) is 3. The van der Waals surface area contributed by atoms with Gasteiger partial charge in [0.15, 0.2) is 0 Å². The van der Waals surface area contributed by atoms with Gasteiger partial charge in [-0.3, -0.25) is 5.32 Å². The number of anilines is 1. The highest BCUT2D eigenvalue weighted by molar-refractivity contribution is 5.81. The van der Waals surface area contributed by atoms with Crippen molar-refractivity contribution in [3.05, 3.63) is 11.8 Å². The van der Waals surface area contributed by atoms with Crippen LogP contribution in [-0.2, 0) is 5.54 Å². The van der Waals surface area contributed by atoms with Gasteiger partial charge in [0, 0.05) is 12.0 Å². The molecule has 0 unspecified atom stereocenters. The fraction of sp³-hybridized carbons (Fsp3) is 0.692. The maximum absolute atomic E-state index is 10.8. The summed E-state index contributed by atoms with van der Waals surface area (Å²) in [7, 11) is 0. The van der Waals surface area contributed by atoms with Crippen molar-refractivity contribution in [3.63, 3.8) is 0 Å². The van der Waals surface area contributed by atoms with Crippen molar-refractivity contribution in [1.82, 2.24) is 9.78 Å². The molecule has 0 bridgehead atoms. The Balaban J connectivity index is 2.31. The van der Waals surface area contributed by atoms with E-state index in [1.165, 1.54) is 0 Å². The van der Waals surface area contributed by atoms with Crippen LogP contribution in [0.15, 0.2) is 6.07 Å². The molecule has 1 saturated carbocycles. The number of nitrogens with one attached hydrogen (secondary N) is 1. The number of aliphatic hydroxyl groups excluding tert-OH is 1. The van der Waals surface area contributed by atoms with Crippen LogP contribution in [0.2, 0.25) is 0 Å². The lowest BCUT2D eigenvalue weighted by Gasteiger charge is -2.22. The first-order valence-corrected chi connectivity index (χ1v) is 6.56. The Morgan fingerprint density at radius 1 is 1.47 bits per heavy atom. The van der Waals surface area contributed by atoms with E-state index >= 15 is 0 Å². The summed E-state index contributed by atoms with van der Waals surface area (Å²) in [5.41, 5.74) is 0.558. The van der Waals surface area contributed by atoms with Crippen molar-refractivity contribution in [2.24, 2.45) is 0 Å². The first-order chi connectivity index (χ1) is 8.77. The van der Waals surface area contributed by atoms with Gasteiger partial charge in [0.1, 0.15) is 5.82 Å². The summed E-state index contributed by atoms with van der Waals surface area (Å²) < 4.78 is 1.70. The van der Waals surface area contributed by atoms with E-state index in [9.17, 15) is 9.90 Å². The second-order valence-electron chi connectivity index (χ2n) is 6.13. The molecule has 3 N–H and O–H groups in total. The Bertz CT molecular complexity index is 476. The van der Waals surface area contributed by atoms with Gasteiger partial charge in [0.25, 0.3) is 0 Å². The third kappa shape index (κ3) is 3.07. The first-order valence-electron chi connectivity index (χ1n) is 6.56. The van der Waals surface area contributed by atoms with E-state index in [-0.39, 0.29) is 17.6 Å². The van der Waals surface area contributed by atoms with Crippen molar-refractivity contribution in [2.45, 2.75) is 57.6 Å². The second kappa shape index (κ2) is 4.85. The molecule has 1 fully saturated rings. The molecular formula is C13H21N3O3. The molecule has 0 saturated heterocycles. The van der Waals surface area contributed by atoms with E-state index in [1.54, 1.807) is 10.7 Å². The van der Waals surface area contributed by atoms with Crippen LogP contribution >= 0.6 is 0 Å². The summed E-state index contributed by atoms with van der Waals surface area (Å²) >= 11 is 0. The van der Waals surface area contributed by atoms with E-state index in [0.717, 1.165) is 18.5 Å². The van der Waals surface area contributed by atoms with Gasteiger partial charge in [0.2, 0.25) is 0 Å². The molecule has 19 heavy (non-hydrogen) atoms. The van der Waals surface area contributed by atoms with Gasteiger partial charge < -0.3 is 10.2 Å². The maximum atomic E-state index is 10.8. The lowest BCUT2D eigenvalue weighted by Crippen LogP contribution is -2.26. The van der Waals surface area contributed by atoms with Crippen molar-refractivity contribution in [2.75, 3.05) is 5.32 Å². The molecule has 6 heteroatoms. The molecule has 1 heterocycles. The molecule has 2 atom stereocenters. The quantitative estimate of drug-likeness (QED) is 0.767. The molecule has 6 nitrogen and oxygen atoms in total. The first kappa shape index (κ1) is 13.9. The maximum Gasteiger partial charge on any atom is 0.410 e. The minimum Gasteiger partial charge on any atom is -0.465 e. The summed E-state index contributed by atoms with van der Waals surface area (Å²) in [4.78, 5) is 10.8. The zero-order valence-electron chi connectivity index (χ0n) is 11.6. The summed E-state index contributed by atoms with van der Waals surface area (Å²) in [6.07, 6.45) is 1.03. The fourth-order valence-corrected chi connectivity index (χ4v) is 2.54. The Morgan fingerprint density at radius 2 is 2.16 bits per heavy atom. The number of carbonyl (C=O) groups is 1. The molecular weight excluding hydrogens is 246 g/mol. The minimum atomic E-state index is -1.09. The molecule has 2 rings (SSSR count). The molecule has 0 radical (unpaired) electrons. The largest absolute Gasteiger partial charge is 0.465 e. The van der Waals surface area contributed by atoms with Crippen LogP contribution in [0.3, 0.4) is 0 Å². The van der Waals surface area contributed by atoms with E-state index in [2.05, 4.69) is 10.4 Å². The van der Waals surface area contributed by atoms with Gasteiger partial charge in [-0.1, -0.05) is 0 Å². The zero-order valence-corrected chi connectivity index (χ0v) is 11.6. The number of hydrogen-bond donors (Lipinski definition) is 3. The average Bonchev–Trinajstić information content (AvgIpc) is 2.82. The van der Waals surface area contributed by atoms with Crippen molar-refractivity contribution in [1.29, 1.82) is 0 Å². The molecule has 1 aliphatic carbocycles. The van der Waals surface area contributed by atoms with Crippen LogP contribution in [0, 0.1) is 0 Å². The number of amides is 1. The SMILES string of the molecule is CC(C)(C)n1nc([C@H]2CC[C@@H](O)C2)cc1NC(=O)O. The highest BCUT2D eigenvalue weighted by Crippen LogP contribution is 2.35. The number of nitrogens with zero attached hydrogens (tertiary/aromatic N) is 2. The highest BCUT2D eigenvalue weighted by Gasteiger charge is 2.29. The Labute approximate surface area is 112 Å². The van der Waals surface area contributed by atoms with E-state index in [4.69, 9.17) is 5.11 Å². The van der Waals surface area contributed by atoms with Gasteiger partial charge in [-0.15, -0.1) is 0 Å². The van der Waals surface area contributed by atoms with Crippen LogP contribution in [0.1, 0.15) is 51.6 Å². The monoisotopic (exact) mass is 267 g/mol. The van der Waals surface area contributed by atoms with Crippen LogP contribution in [0.5, 0.6) is 0 Å². The van der Waals surface area contributed by atoms with Crippen LogP contribution in [0.4, 0.5) is 10.6 Å². The number of aliphatic hydroxyl groups is 1. The lowest BCUT2D eigenvalue weighted by atomic mass is 10.0. The van der Waals surface area contributed by atoms with E-state index in [1.807, 2.05) is 20.8 Å². The van der Waals surface area contributed by atoms with Crippen molar-refractivity contribution in [3.8, 4) is 0 Å². The smallest absolute Gasteiger partial charge is 0.410 e. The Kier molecular flexibility index (Phi) is 3.54. The van der Waals surface area contributed by atoms with Crippen LogP contribution in [-0.4, -0.2) is 32.2 Å². The fourth-order valence-electron chi connectivity index (χ4n) is 2.54. The van der Waals surface area contributed by atoms with Crippen molar-refractivity contribution >= 4 is 11.9 Å². The second-order valence-corrected chi connectivity index (χ2v) is 6.13. The third-order valence-corrected chi connectivity index (χ3v) is 3.42. The normalized spacial score (nSPS) is 23.6. The van der Waals surface area contributed by atoms with Gasteiger partial charge >= 0.3 is 6.09 Å². The number of rotatable bonds is 2. The molecule has 0 aliphatic heterocycles. The lowest BCUT2D eigenvalue weighted by molar-refractivity contribution is 0.181. The van der Waals surface area contributed by atoms with E-state index in [0.29, 0.717) is 12.2 Å². The molecule has 106 valence electrons. The zero-order chi connectivity index (χ0) is 14.2. The topological polar surface area (TPSA) is 87.4 Å². The predicted octanol–water partition coefficient (Wildman–Crippen LogP) is 2.36. The Morgan fingerprint density at radius 3 is 2.63 bits per heavy atom. The van der Waals surface area contributed by atoms with Crippen LogP contribution in [0.25, 0.3) is 0 Å². The summed E-state index contributed by atoms with van der Waals surface area (Å²) in [5.74, 6) is 0.698. The van der Waals surface area contributed by atoms with Crippen molar-refractivity contribution < 1.29 is 15.0 Å². The molecule has 0 aromatic carbocycles.